The van der Waals surface area contributed by atoms with Gasteiger partial charge in [-0.3, -0.25) is 4.31 Å². The van der Waals surface area contributed by atoms with E-state index in [1.54, 1.807) is 30.3 Å². The van der Waals surface area contributed by atoms with Crippen molar-refractivity contribution in [3.63, 3.8) is 0 Å². The first-order valence-electron chi connectivity index (χ1n) is 11.4. The van der Waals surface area contributed by atoms with Crippen LogP contribution in [-0.4, -0.2) is 68.6 Å². The molecule has 0 radical (unpaired) electrons. The predicted octanol–water partition coefficient (Wildman–Crippen LogP) is 3.18. The first-order valence-corrected chi connectivity index (χ1v) is 14.3. The molecule has 0 spiro atoms. The van der Waals surface area contributed by atoms with E-state index in [0.29, 0.717) is 22.9 Å². The number of sulfonamides is 2. The minimum atomic E-state index is -4.00. The smallest absolute Gasteiger partial charge is 0.264 e. The van der Waals surface area contributed by atoms with Crippen LogP contribution in [0.2, 0.25) is 0 Å². The van der Waals surface area contributed by atoms with Crippen LogP contribution in [0.5, 0.6) is 11.5 Å². The molecule has 1 aliphatic rings. The summed E-state index contributed by atoms with van der Waals surface area (Å²) in [7, 11) is -3.44. The zero-order valence-electron chi connectivity index (χ0n) is 20.7. The normalized spacial score (nSPS) is 14.9. The SMILES string of the molecule is COc1ccc(N(C)S(=O)(=O)c2ccc(OC)c(N3CCN(S(=O)(=O)c4ccccc4F)CC3)c2)cc1. The number of rotatable bonds is 8. The molecule has 9 nitrogen and oxygen atoms in total. The first-order chi connectivity index (χ1) is 17.6. The van der Waals surface area contributed by atoms with Crippen LogP contribution in [0.1, 0.15) is 0 Å². The van der Waals surface area contributed by atoms with Gasteiger partial charge in [-0.1, -0.05) is 12.1 Å². The zero-order chi connectivity index (χ0) is 26.8. The third-order valence-electron chi connectivity index (χ3n) is 6.28. The summed E-state index contributed by atoms with van der Waals surface area (Å²) < 4.78 is 79.9. The summed E-state index contributed by atoms with van der Waals surface area (Å²) in [5.74, 6) is 0.263. The highest BCUT2D eigenvalue weighted by Gasteiger charge is 2.32. The van der Waals surface area contributed by atoms with Crippen LogP contribution in [0.25, 0.3) is 0 Å². The van der Waals surface area contributed by atoms with E-state index in [9.17, 15) is 21.2 Å². The van der Waals surface area contributed by atoms with Gasteiger partial charge in [-0.15, -0.1) is 0 Å². The Morgan fingerprint density at radius 2 is 1.49 bits per heavy atom. The van der Waals surface area contributed by atoms with E-state index in [0.717, 1.165) is 6.07 Å². The van der Waals surface area contributed by atoms with Crippen molar-refractivity contribution in [2.45, 2.75) is 9.79 Å². The summed E-state index contributed by atoms with van der Waals surface area (Å²) in [6, 6.07) is 16.5. The Labute approximate surface area is 216 Å². The molecule has 1 aliphatic heterocycles. The highest BCUT2D eigenvalue weighted by molar-refractivity contribution is 7.92. The molecule has 4 rings (SSSR count). The van der Waals surface area contributed by atoms with E-state index in [4.69, 9.17) is 9.47 Å². The van der Waals surface area contributed by atoms with Crippen molar-refractivity contribution >= 4 is 31.4 Å². The second kappa shape index (κ2) is 10.6. The minimum Gasteiger partial charge on any atom is -0.497 e. The maximum atomic E-state index is 14.2. The summed E-state index contributed by atoms with van der Waals surface area (Å²) in [6.45, 7) is 0.731. The molecule has 12 heteroatoms. The van der Waals surface area contributed by atoms with Crippen LogP contribution in [0, 0.1) is 5.82 Å². The second-order valence-electron chi connectivity index (χ2n) is 8.33. The number of piperazine rings is 1. The van der Waals surface area contributed by atoms with Crippen LogP contribution < -0.4 is 18.7 Å². The standard InChI is InChI=1S/C25H28FN3O6S2/c1-27(19-8-10-20(34-2)11-9-19)36(30,31)21-12-13-24(35-3)23(18-21)28-14-16-29(17-15-28)37(32,33)25-7-5-4-6-22(25)26/h4-13,18H,14-17H2,1-3H3. The van der Waals surface area contributed by atoms with E-state index >= 15 is 0 Å². The monoisotopic (exact) mass is 549 g/mol. The average molecular weight is 550 g/mol. The van der Waals surface area contributed by atoms with Gasteiger partial charge in [-0.25, -0.2) is 21.2 Å². The maximum Gasteiger partial charge on any atom is 0.264 e. The topological polar surface area (TPSA) is 96.5 Å². The molecule has 37 heavy (non-hydrogen) atoms. The first kappa shape index (κ1) is 26.7. The van der Waals surface area contributed by atoms with Gasteiger partial charge < -0.3 is 14.4 Å². The third-order valence-corrected chi connectivity index (χ3v) is 9.99. The van der Waals surface area contributed by atoms with Gasteiger partial charge in [0, 0.05) is 33.2 Å². The molecule has 1 heterocycles. The van der Waals surface area contributed by atoms with Crippen molar-refractivity contribution < 1.29 is 30.7 Å². The van der Waals surface area contributed by atoms with Crippen LogP contribution in [0.3, 0.4) is 0 Å². The number of hydrogen-bond donors (Lipinski definition) is 0. The number of nitrogens with zero attached hydrogens (tertiary/aromatic N) is 3. The van der Waals surface area contributed by atoms with Gasteiger partial charge in [-0.05, 0) is 54.6 Å². The number of hydrogen-bond acceptors (Lipinski definition) is 7. The Morgan fingerprint density at radius 3 is 2.08 bits per heavy atom. The zero-order valence-corrected chi connectivity index (χ0v) is 22.3. The summed E-state index contributed by atoms with van der Waals surface area (Å²) in [5.41, 5.74) is 0.986. The maximum absolute atomic E-state index is 14.2. The molecule has 0 amide bonds. The van der Waals surface area contributed by atoms with Crippen LogP contribution >= 0.6 is 0 Å². The van der Waals surface area contributed by atoms with Gasteiger partial charge in [0.25, 0.3) is 10.0 Å². The largest absolute Gasteiger partial charge is 0.497 e. The lowest BCUT2D eigenvalue weighted by Gasteiger charge is -2.36. The molecule has 0 aliphatic carbocycles. The van der Waals surface area contributed by atoms with Crippen LogP contribution in [0.4, 0.5) is 15.8 Å². The number of anilines is 2. The quantitative estimate of drug-likeness (QED) is 0.426. The molecular weight excluding hydrogens is 521 g/mol. The molecule has 0 aromatic heterocycles. The van der Waals surface area contributed by atoms with Crippen molar-refractivity contribution in [3.05, 3.63) is 72.5 Å². The van der Waals surface area contributed by atoms with Crippen molar-refractivity contribution in [1.29, 1.82) is 0 Å². The van der Waals surface area contributed by atoms with Crippen molar-refractivity contribution in [2.75, 3.05) is 56.7 Å². The highest BCUT2D eigenvalue weighted by Crippen LogP contribution is 2.34. The average Bonchev–Trinajstić information content (AvgIpc) is 2.92. The van der Waals surface area contributed by atoms with Gasteiger partial charge in [-0.2, -0.15) is 4.31 Å². The lowest BCUT2D eigenvalue weighted by Crippen LogP contribution is -2.49. The van der Waals surface area contributed by atoms with Gasteiger partial charge in [0.05, 0.1) is 30.5 Å². The summed E-state index contributed by atoms with van der Waals surface area (Å²) in [4.78, 5) is 1.55. The molecule has 0 saturated carbocycles. The van der Waals surface area contributed by atoms with E-state index in [1.807, 2.05) is 4.90 Å². The van der Waals surface area contributed by atoms with E-state index in [-0.39, 0.29) is 36.0 Å². The lowest BCUT2D eigenvalue weighted by molar-refractivity contribution is 0.376. The van der Waals surface area contributed by atoms with Crippen molar-refractivity contribution in [1.82, 2.24) is 4.31 Å². The minimum absolute atomic E-state index is 0.0584. The van der Waals surface area contributed by atoms with Crippen LogP contribution in [0.15, 0.2) is 76.5 Å². The van der Waals surface area contributed by atoms with Crippen molar-refractivity contribution in [3.8, 4) is 11.5 Å². The Balaban J connectivity index is 1.57. The van der Waals surface area contributed by atoms with Gasteiger partial charge in [0.15, 0.2) is 0 Å². The highest BCUT2D eigenvalue weighted by atomic mass is 32.2. The summed E-state index contributed by atoms with van der Waals surface area (Å²) >= 11 is 0. The number of methoxy groups -OCH3 is 2. The number of halogens is 1. The molecule has 0 unspecified atom stereocenters. The predicted molar refractivity (Wildman–Crippen MR) is 139 cm³/mol. The molecule has 198 valence electrons. The van der Waals surface area contributed by atoms with Crippen LogP contribution in [-0.2, 0) is 20.0 Å². The van der Waals surface area contributed by atoms with Crippen molar-refractivity contribution in [2.24, 2.45) is 0 Å². The van der Waals surface area contributed by atoms with Gasteiger partial charge >= 0.3 is 0 Å². The third kappa shape index (κ3) is 5.22. The van der Waals surface area contributed by atoms with E-state index in [1.165, 1.54) is 60.2 Å². The Hall–Kier alpha value is -3.35. The summed E-state index contributed by atoms with van der Waals surface area (Å²) in [5, 5.41) is 0. The fraction of sp³-hybridized carbons (Fsp3) is 0.280. The molecule has 1 saturated heterocycles. The van der Waals surface area contributed by atoms with E-state index in [2.05, 4.69) is 0 Å². The molecule has 0 N–H and O–H groups in total. The number of benzene rings is 3. The molecule has 3 aromatic carbocycles. The Bertz CT molecular complexity index is 1470. The summed E-state index contributed by atoms with van der Waals surface area (Å²) in [6.07, 6.45) is 0. The molecule has 3 aromatic rings. The Kier molecular flexibility index (Phi) is 7.62. The molecular formula is C25H28FN3O6S2. The van der Waals surface area contributed by atoms with Gasteiger partial charge in [0.1, 0.15) is 22.2 Å². The molecule has 0 atom stereocenters. The second-order valence-corrected chi connectivity index (χ2v) is 12.2. The van der Waals surface area contributed by atoms with E-state index < -0.39 is 25.9 Å². The number of ether oxygens (including phenoxy) is 2. The Morgan fingerprint density at radius 1 is 0.838 bits per heavy atom. The molecule has 0 bridgehead atoms. The fourth-order valence-electron chi connectivity index (χ4n) is 4.13. The van der Waals surface area contributed by atoms with Gasteiger partial charge in [0.2, 0.25) is 10.0 Å². The lowest BCUT2D eigenvalue weighted by atomic mass is 10.2. The fourth-order valence-corrected chi connectivity index (χ4v) is 6.83. The molecule has 1 fully saturated rings.